The van der Waals surface area contributed by atoms with E-state index in [0.29, 0.717) is 12.1 Å². The molecule has 1 N–H and O–H groups in total. The lowest BCUT2D eigenvalue weighted by molar-refractivity contribution is -0.120. The van der Waals surface area contributed by atoms with Gasteiger partial charge in [0.2, 0.25) is 5.91 Å². The Balaban J connectivity index is 2.14. The smallest absolute Gasteiger partial charge is 0.217 e. The second-order valence-corrected chi connectivity index (χ2v) is 3.49. The SMILES string of the molecule is CC(=O)N[C@H]1C[C@@H](N(C)C)C1. The van der Waals surface area contributed by atoms with Gasteiger partial charge in [-0.05, 0) is 26.9 Å². The maximum Gasteiger partial charge on any atom is 0.217 e. The standard InChI is InChI=1S/C8H16N2O/c1-6(11)9-7-4-8(5-7)10(2)3/h7-8H,4-5H2,1-3H3,(H,9,11)/t7-,8+. The summed E-state index contributed by atoms with van der Waals surface area (Å²) in [6, 6.07) is 1.10. The first-order valence-corrected chi connectivity index (χ1v) is 4.03. The van der Waals surface area contributed by atoms with Gasteiger partial charge in [0.1, 0.15) is 0 Å². The minimum absolute atomic E-state index is 0.0900. The van der Waals surface area contributed by atoms with E-state index in [1.807, 2.05) is 0 Å². The van der Waals surface area contributed by atoms with Gasteiger partial charge >= 0.3 is 0 Å². The van der Waals surface area contributed by atoms with Crippen LogP contribution in [0.2, 0.25) is 0 Å². The van der Waals surface area contributed by atoms with Crippen molar-refractivity contribution >= 4 is 5.91 Å². The summed E-state index contributed by atoms with van der Waals surface area (Å²) in [7, 11) is 4.16. The fraction of sp³-hybridized carbons (Fsp3) is 0.875. The van der Waals surface area contributed by atoms with E-state index in [4.69, 9.17) is 0 Å². The Bertz CT molecular complexity index is 150. The van der Waals surface area contributed by atoms with E-state index in [0.717, 1.165) is 12.8 Å². The van der Waals surface area contributed by atoms with Crippen molar-refractivity contribution in [1.82, 2.24) is 10.2 Å². The summed E-state index contributed by atoms with van der Waals surface area (Å²) in [5.74, 6) is 0.0900. The molecule has 3 heteroatoms. The van der Waals surface area contributed by atoms with E-state index in [9.17, 15) is 4.79 Å². The van der Waals surface area contributed by atoms with Crippen LogP contribution >= 0.6 is 0 Å². The molecule has 0 spiro atoms. The molecular weight excluding hydrogens is 140 g/mol. The second-order valence-electron chi connectivity index (χ2n) is 3.49. The molecule has 11 heavy (non-hydrogen) atoms. The third-order valence-electron chi connectivity index (χ3n) is 2.25. The zero-order valence-corrected chi connectivity index (χ0v) is 7.42. The van der Waals surface area contributed by atoms with Gasteiger partial charge in [-0.3, -0.25) is 4.79 Å². The molecular formula is C8H16N2O. The summed E-state index contributed by atoms with van der Waals surface area (Å²) in [5, 5.41) is 2.90. The number of amides is 1. The molecule has 0 aromatic heterocycles. The van der Waals surface area contributed by atoms with Gasteiger partial charge in [0.15, 0.2) is 0 Å². The van der Waals surface area contributed by atoms with E-state index >= 15 is 0 Å². The van der Waals surface area contributed by atoms with Crippen molar-refractivity contribution in [3.63, 3.8) is 0 Å². The molecule has 1 fully saturated rings. The Morgan fingerprint density at radius 3 is 2.36 bits per heavy atom. The largest absolute Gasteiger partial charge is 0.353 e. The van der Waals surface area contributed by atoms with Crippen molar-refractivity contribution in [2.24, 2.45) is 0 Å². The summed E-state index contributed by atoms with van der Waals surface area (Å²) in [6.07, 6.45) is 2.21. The van der Waals surface area contributed by atoms with Crippen molar-refractivity contribution in [2.45, 2.75) is 31.8 Å². The third-order valence-corrected chi connectivity index (χ3v) is 2.25. The minimum atomic E-state index is 0.0900. The Labute approximate surface area is 67.8 Å². The van der Waals surface area contributed by atoms with Crippen LogP contribution in [-0.4, -0.2) is 37.0 Å². The van der Waals surface area contributed by atoms with Crippen LogP contribution in [0.3, 0.4) is 0 Å². The summed E-state index contributed by atoms with van der Waals surface area (Å²) >= 11 is 0. The topological polar surface area (TPSA) is 32.3 Å². The predicted octanol–water partition coefficient (Wildman–Crippen LogP) is 0.215. The number of nitrogens with one attached hydrogen (secondary N) is 1. The molecule has 3 nitrogen and oxygen atoms in total. The number of hydrogen-bond donors (Lipinski definition) is 1. The van der Waals surface area contributed by atoms with Gasteiger partial charge in [-0.15, -0.1) is 0 Å². The van der Waals surface area contributed by atoms with Crippen molar-refractivity contribution in [2.75, 3.05) is 14.1 Å². The Kier molecular flexibility index (Phi) is 2.49. The Morgan fingerprint density at radius 2 is 2.00 bits per heavy atom. The fourth-order valence-electron chi connectivity index (χ4n) is 1.41. The molecule has 1 aliphatic rings. The summed E-state index contributed by atoms with van der Waals surface area (Å²) in [5.41, 5.74) is 0. The van der Waals surface area contributed by atoms with Crippen LogP contribution in [0.15, 0.2) is 0 Å². The van der Waals surface area contributed by atoms with Gasteiger partial charge in [-0.2, -0.15) is 0 Å². The highest BCUT2D eigenvalue weighted by molar-refractivity contribution is 5.73. The highest BCUT2D eigenvalue weighted by atomic mass is 16.1. The summed E-state index contributed by atoms with van der Waals surface area (Å²) in [6.45, 7) is 1.57. The van der Waals surface area contributed by atoms with Gasteiger partial charge < -0.3 is 10.2 Å². The number of hydrogen-bond acceptors (Lipinski definition) is 2. The van der Waals surface area contributed by atoms with Gasteiger partial charge in [0.05, 0.1) is 0 Å². The monoisotopic (exact) mass is 156 g/mol. The molecule has 0 aliphatic heterocycles. The lowest BCUT2D eigenvalue weighted by atomic mass is 9.86. The lowest BCUT2D eigenvalue weighted by Gasteiger charge is -2.39. The van der Waals surface area contributed by atoms with Crippen LogP contribution in [0.1, 0.15) is 19.8 Å². The average Bonchev–Trinajstić information content (AvgIpc) is 1.75. The van der Waals surface area contributed by atoms with Gasteiger partial charge in [0, 0.05) is 19.0 Å². The predicted molar refractivity (Wildman–Crippen MR) is 44.3 cm³/mol. The molecule has 0 unspecified atom stereocenters. The maximum atomic E-state index is 10.6. The number of rotatable bonds is 2. The fourth-order valence-corrected chi connectivity index (χ4v) is 1.41. The van der Waals surface area contributed by atoms with Crippen molar-refractivity contribution in [1.29, 1.82) is 0 Å². The zero-order valence-electron chi connectivity index (χ0n) is 7.42. The molecule has 0 radical (unpaired) electrons. The lowest BCUT2D eigenvalue weighted by Crippen LogP contribution is -2.51. The maximum absolute atomic E-state index is 10.6. The second kappa shape index (κ2) is 3.22. The Morgan fingerprint density at radius 1 is 1.45 bits per heavy atom. The third kappa shape index (κ3) is 2.19. The van der Waals surface area contributed by atoms with E-state index < -0.39 is 0 Å². The zero-order chi connectivity index (χ0) is 8.43. The molecule has 1 amide bonds. The quantitative estimate of drug-likeness (QED) is 0.620. The van der Waals surface area contributed by atoms with E-state index in [1.165, 1.54) is 0 Å². The molecule has 0 aromatic carbocycles. The highest BCUT2D eigenvalue weighted by Crippen LogP contribution is 2.23. The van der Waals surface area contributed by atoms with Crippen LogP contribution in [0, 0.1) is 0 Å². The number of nitrogens with zero attached hydrogens (tertiary/aromatic N) is 1. The number of carbonyl (C=O) groups excluding carboxylic acids is 1. The molecule has 0 atom stereocenters. The van der Waals surface area contributed by atoms with Gasteiger partial charge in [-0.25, -0.2) is 0 Å². The minimum Gasteiger partial charge on any atom is -0.353 e. The summed E-state index contributed by atoms with van der Waals surface area (Å²) < 4.78 is 0. The van der Waals surface area contributed by atoms with Gasteiger partial charge in [-0.1, -0.05) is 0 Å². The first-order valence-electron chi connectivity index (χ1n) is 4.03. The van der Waals surface area contributed by atoms with Crippen molar-refractivity contribution in [3.05, 3.63) is 0 Å². The van der Waals surface area contributed by atoms with Crippen LogP contribution in [0.5, 0.6) is 0 Å². The van der Waals surface area contributed by atoms with Crippen molar-refractivity contribution < 1.29 is 4.79 Å². The molecule has 1 saturated carbocycles. The molecule has 0 bridgehead atoms. The molecule has 0 heterocycles. The van der Waals surface area contributed by atoms with E-state index in [-0.39, 0.29) is 5.91 Å². The first kappa shape index (κ1) is 8.53. The average molecular weight is 156 g/mol. The summed E-state index contributed by atoms with van der Waals surface area (Å²) in [4.78, 5) is 12.8. The molecule has 1 aliphatic carbocycles. The molecule has 64 valence electrons. The highest BCUT2D eigenvalue weighted by Gasteiger charge is 2.30. The molecule has 0 aromatic rings. The normalized spacial score (nSPS) is 29.8. The van der Waals surface area contributed by atoms with E-state index in [2.05, 4.69) is 24.3 Å². The van der Waals surface area contributed by atoms with E-state index in [1.54, 1.807) is 6.92 Å². The van der Waals surface area contributed by atoms with Crippen LogP contribution in [0.25, 0.3) is 0 Å². The van der Waals surface area contributed by atoms with Crippen LogP contribution in [0.4, 0.5) is 0 Å². The number of carbonyl (C=O) groups is 1. The van der Waals surface area contributed by atoms with Crippen LogP contribution < -0.4 is 5.32 Å². The first-order chi connectivity index (χ1) is 5.09. The molecule has 0 saturated heterocycles. The van der Waals surface area contributed by atoms with Crippen molar-refractivity contribution in [3.8, 4) is 0 Å². The van der Waals surface area contributed by atoms with Gasteiger partial charge in [0.25, 0.3) is 0 Å². The Hall–Kier alpha value is -0.570. The van der Waals surface area contributed by atoms with Crippen LogP contribution in [-0.2, 0) is 4.79 Å². The molecule has 1 rings (SSSR count).